The van der Waals surface area contributed by atoms with E-state index < -0.39 is 0 Å². The molecule has 0 bridgehead atoms. The summed E-state index contributed by atoms with van der Waals surface area (Å²) in [6.45, 7) is 5.83. The van der Waals surface area contributed by atoms with E-state index in [0.717, 1.165) is 11.4 Å². The fraction of sp³-hybridized carbons (Fsp3) is 0.417. The van der Waals surface area contributed by atoms with Crippen molar-refractivity contribution in [3.8, 4) is 0 Å². The van der Waals surface area contributed by atoms with Crippen LogP contribution in [0.2, 0.25) is 0 Å². The lowest BCUT2D eigenvalue weighted by Crippen LogP contribution is -2.09. The van der Waals surface area contributed by atoms with Gasteiger partial charge in [-0.25, -0.2) is 0 Å². The minimum atomic E-state index is 0.0354. The van der Waals surface area contributed by atoms with Crippen LogP contribution in [0.5, 0.6) is 0 Å². The Morgan fingerprint density at radius 2 is 1.87 bits per heavy atom. The highest BCUT2D eigenvalue weighted by molar-refractivity contribution is 5.90. The van der Waals surface area contributed by atoms with Crippen molar-refractivity contribution in [2.45, 2.75) is 27.2 Å². The van der Waals surface area contributed by atoms with Crippen molar-refractivity contribution in [3.63, 3.8) is 0 Å². The van der Waals surface area contributed by atoms with E-state index in [1.165, 1.54) is 0 Å². The molecule has 0 spiro atoms. The van der Waals surface area contributed by atoms with Gasteiger partial charge in [-0.2, -0.15) is 0 Å². The first-order chi connectivity index (χ1) is 7.26. The van der Waals surface area contributed by atoms with Crippen molar-refractivity contribution in [1.82, 2.24) is 0 Å². The molecular formula is C12H20N2O. The first kappa shape index (κ1) is 13.5. The molecule has 0 aliphatic carbocycles. The van der Waals surface area contributed by atoms with Gasteiger partial charge in [0.15, 0.2) is 0 Å². The Bertz CT molecular complexity index is 297. The molecule has 0 radical (unpaired) electrons. The van der Waals surface area contributed by atoms with Crippen LogP contribution in [0.25, 0.3) is 0 Å². The topological polar surface area (TPSA) is 41.1 Å². The number of anilines is 2. The number of benzene rings is 1. The van der Waals surface area contributed by atoms with Crippen molar-refractivity contribution in [2.24, 2.45) is 0 Å². The summed E-state index contributed by atoms with van der Waals surface area (Å²) in [6, 6.07) is 7.61. The lowest BCUT2D eigenvalue weighted by Gasteiger charge is -2.05. The van der Waals surface area contributed by atoms with Crippen molar-refractivity contribution < 1.29 is 4.79 Å². The highest BCUT2D eigenvalue weighted by Gasteiger charge is 1.98. The van der Waals surface area contributed by atoms with E-state index in [4.69, 9.17) is 0 Å². The molecule has 1 aromatic rings. The van der Waals surface area contributed by atoms with Crippen LogP contribution in [-0.4, -0.2) is 13.0 Å². The first-order valence-electron chi connectivity index (χ1n) is 5.34. The van der Waals surface area contributed by atoms with E-state index in [0.29, 0.717) is 6.42 Å². The molecule has 2 N–H and O–H groups in total. The number of carbonyl (C=O) groups excluding carboxylic acids is 1. The zero-order valence-electron chi connectivity index (χ0n) is 9.92. The standard InChI is InChI=1S/C10H14N2O.C2H6/c1-3-10(13)12-9-6-4-5-8(7-9)11-2;1-2/h4-7,11H,3H2,1-2H3,(H,12,13);1-2H3. The number of amides is 1. The molecule has 0 aliphatic heterocycles. The lowest BCUT2D eigenvalue weighted by molar-refractivity contribution is -0.115. The molecule has 0 fully saturated rings. The van der Waals surface area contributed by atoms with Gasteiger partial charge >= 0.3 is 0 Å². The number of hydrogen-bond acceptors (Lipinski definition) is 2. The zero-order valence-corrected chi connectivity index (χ0v) is 9.92. The van der Waals surface area contributed by atoms with E-state index in [1.54, 1.807) is 0 Å². The van der Waals surface area contributed by atoms with E-state index in [2.05, 4.69) is 10.6 Å². The van der Waals surface area contributed by atoms with Gasteiger partial charge in [0.25, 0.3) is 0 Å². The highest BCUT2D eigenvalue weighted by atomic mass is 16.1. The molecule has 0 aliphatic rings. The minimum absolute atomic E-state index is 0.0354. The Hall–Kier alpha value is -1.51. The average Bonchev–Trinajstić information content (AvgIpc) is 2.31. The average molecular weight is 208 g/mol. The minimum Gasteiger partial charge on any atom is -0.388 e. The highest BCUT2D eigenvalue weighted by Crippen LogP contribution is 2.14. The van der Waals surface area contributed by atoms with Gasteiger partial charge < -0.3 is 10.6 Å². The Labute approximate surface area is 91.9 Å². The van der Waals surface area contributed by atoms with Gasteiger partial charge in [-0.3, -0.25) is 4.79 Å². The van der Waals surface area contributed by atoms with Crippen LogP contribution in [0.1, 0.15) is 27.2 Å². The van der Waals surface area contributed by atoms with Gasteiger partial charge in [-0.15, -0.1) is 0 Å². The normalized spacial score (nSPS) is 8.53. The summed E-state index contributed by atoms with van der Waals surface area (Å²) in [6.07, 6.45) is 0.504. The van der Waals surface area contributed by atoms with Crippen LogP contribution in [0, 0.1) is 0 Å². The Balaban J connectivity index is 0.000000921. The number of nitrogens with one attached hydrogen (secondary N) is 2. The second kappa shape index (κ2) is 7.85. The fourth-order valence-electron chi connectivity index (χ4n) is 1.00. The molecular weight excluding hydrogens is 188 g/mol. The van der Waals surface area contributed by atoms with Gasteiger partial charge in [0, 0.05) is 24.8 Å². The number of hydrogen-bond donors (Lipinski definition) is 2. The molecule has 0 unspecified atom stereocenters. The van der Waals surface area contributed by atoms with Crippen molar-refractivity contribution in [2.75, 3.05) is 17.7 Å². The molecule has 0 saturated heterocycles. The Kier molecular flexibility index (Phi) is 7.06. The fourth-order valence-corrected chi connectivity index (χ4v) is 1.00. The van der Waals surface area contributed by atoms with Crippen molar-refractivity contribution >= 4 is 17.3 Å². The van der Waals surface area contributed by atoms with E-state index in [1.807, 2.05) is 52.1 Å². The van der Waals surface area contributed by atoms with Crippen LogP contribution < -0.4 is 10.6 Å². The monoisotopic (exact) mass is 208 g/mol. The number of carbonyl (C=O) groups is 1. The van der Waals surface area contributed by atoms with Gasteiger partial charge in [-0.1, -0.05) is 26.8 Å². The maximum Gasteiger partial charge on any atom is 0.224 e. The Morgan fingerprint density at radius 3 is 2.40 bits per heavy atom. The van der Waals surface area contributed by atoms with Crippen molar-refractivity contribution in [1.29, 1.82) is 0 Å². The molecule has 1 aromatic carbocycles. The van der Waals surface area contributed by atoms with E-state index in [9.17, 15) is 4.79 Å². The molecule has 84 valence electrons. The smallest absolute Gasteiger partial charge is 0.224 e. The third-order valence-electron chi connectivity index (χ3n) is 1.76. The summed E-state index contributed by atoms with van der Waals surface area (Å²) < 4.78 is 0. The van der Waals surface area contributed by atoms with Crippen LogP contribution in [0.4, 0.5) is 11.4 Å². The van der Waals surface area contributed by atoms with E-state index >= 15 is 0 Å². The summed E-state index contributed by atoms with van der Waals surface area (Å²) in [7, 11) is 1.85. The molecule has 1 rings (SSSR count). The molecule has 3 heteroatoms. The second-order valence-corrected chi connectivity index (χ2v) is 2.73. The third-order valence-corrected chi connectivity index (χ3v) is 1.76. The Morgan fingerprint density at radius 1 is 1.27 bits per heavy atom. The van der Waals surface area contributed by atoms with Crippen LogP contribution in [0.15, 0.2) is 24.3 Å². The summed E-state index contributed by atoms with van der Waals surface area (Å²) in [5.74, 6) is 0.0354. The molecule has 3 nitrogen and oxygen atoms in total. The molecule has 0 heterocycles. The molecule has 1 amide bonds. The predicted molar refractivity (Wildman–Crippen MR) is 66.3 cm³/mol. The largest absolute Gasteiger partial charge is 0.388 e. The lowest BCUT2D eigenvalue weighted by atomic mass is 10.2. The molecule has 0 aromatic heterocycles. The molecule has 15 heavy (non-hydrogen) atoms. The summed E-state index contributed by atoms with van der Waals surface area (Å²) in [5.41, 5.74) is 1.83. The predicted octanol–water partition coefficient (Wildman–Crippen LogP) is 3.10. The molecule has 0 saturated carbocycles. The van der Waals surface area contributed by atoms with Gasteiger partial charge in [0.2, 0.25) is 5.91 Å². The maximum atomic E-state index is 11.0. The quantitative estimate of drug-likeness (QED) is 0.801. The summed E-state index contributed by atoms with van der Waals surface area (Å²) >= 11 is 0. The van der Waals surface area contributed by atoms with Crippen LogP contribution >= 0.6 is 0 Å². The van der Waals surface area contributed by atoms with Crippen molar-refractivity contribution in [3.05, 3.63) is 24.3 Å². The van der Waals surface area contributed by atoms with Crippen LogP contribution in [0.3, 0.4) is 0 Å². The van der Waals surface area contributed by atoms with E-state index in [-0.39, 0.29) is 5.91 Å². The molecule has 0 atom stereocenters. The maximum absolute atomic E-state index is 11.0. The summed E-state index contributed by atoms with van der Waals surface area (Å²) in [4.78, 5) is 11.0. The second-order valence-electron chi connectivity index (χ2n) is 2.73. The van der Waals surface area contributed by atoms with Gasteiger partial charge in [0.05, 0.1) is 0 Å². The third kappa shape index (κ3) is 5.05. The van der Waals surface area contributed by atoms with Gasteiger partial charge in [0.1, 0.15) is 0 Å². The SMILES string of the molecule is CC.CCC(=O)Nc1cccc(NC)c1. The summed E-state index contributed by atoms with van der Waals surface area (Å²) in [5, 5.41) is 5.79. The van der Waals surface area contributed by atoms with Gasteiger partial charge in [-0.05, 0) is 18.2 Å². The van der Waals surface area contributed by atoms with Crippen LogP contribution in [-0.2, 0) is 4.79 Å². The zero-order chi connectivity index (χ0) is 11.7. The first-order valence-corrected chi connectivity index (χ1v) is 5.34. The number of rotatable bonds is 3.